The number of nitrogens with zero attached hydrogens (tertiary/aromatic N) is 2. The lowest BCUT2D eigenvalue weighted by Gasteiger charge is -2.10. The van der Waals surface area contributed by atoms with Crippen molar-refractivity contribution in [3.63, 3.8) is 0 Å². The number of halogens is 9. The number of alkyl halides is 9. The molecule has 1 heterocycles. The van der Waals surface area contributed by atoms with Crippen LogP contribution in [0.1, 0.15) is 0 Å². The van der Waals surface area contributed by atoms with Crippen LogP contribution in [-0.4, -0.2) is 36.8 Å². The van der Waals surface area contributed by atoms with E-state index in [0.717, 1.165) is 4.57 Å². The van der Waals surface area contributed by atoms with Crippen LogP contribution in [0, 0.1) is 0 Å². The monoisotopic (exact) mass is 410 g/mol. The maximum Gasteiger partial charge on any atom is 0.516 e. The maximum absolute atomic E-state index is 11.7. The Morgan fingerprint density at radius 2 is 1.56 bits per heavy atom. The van der Waals surface area contributed by atoms with E-state index in [1.165, 1.54) is 12.5 Å². The van der Waals surface area contributed by atoms with E-state index in [1.807, 2.05) is 0 Å². The number of hydrogen-bond donors (Lipinski definition) is 1. The van der Waals surface area contributed by atoms with Gasteiger partial charge in [0.15, 0.2) is 6.54 Å². The van der Waals surface area contributed by atoms with Gasteiger partial charge in [0.25, 0.3) is 0 Å². The van der Waals surface area contributed by atoms with Crippen molar-refractivity contribution in [2.75, 3.05) is 0 Å². The molecule has 0 spiro atoms. The summed E-state index contributed by atoms with van der Waals surface area (Å²) in [4.78, 5) is 9.81. The van der Waals surface area contributed by atoms with Crippen LogP contribution in [0.15, 0.2) is 18.7 Å². The van der Waals surface area contributed by atoms with Crippen molar-refractivity contribution in [1.82, 2.24) is 9.29 Å². The SMILES string of the molecule is C[n+]1ccn(CC(F)(F)F)c1.O=C(NS(=O)(=O)C(F)(F)F)C(F)(F)F. The highest BCUT2D eigenvalue weighted by atomic mass is 32.2. The lowest BCUT2D eigenvalue weighted by atomic mass is 10.6. The summed E-state index contributed by atoms with van der Waals surface area (Å²) in [7, 11) is -4.63. The number of imidazole rings is 1. The molecule has 0 radical (unpaired) electrons. The average Bonchev–Trinajstić information content (AvgIpc) is 2.69. The van der Waals surface area contributed by atoms with Gasteiger partial charge in [0, 0.05) is 0 Å². The zero-order valence-electron chi connectivity index (χ0n) is 11.9. The molecule has 6 nitrogen and oxygen atoms in total. The smallest absolute Gasteiger partial charge is 0.263 e. The van der Waals surface area contributed by atoms with E-state index < -0.39 is 40.3 Å². The molecule has 1 aromatic rings. The Bertz CT molecular complexity index is 688. The molecule has 1 rings (SSSR count). The Kier molecular flexibility index (Phi) is 6.89. The fourth-order valence-corrected chi connectivity index (χ4v) is 1.52. The first-order chi connectivity index (χ1) is 10.8. The summed E-state index contributed by atoms with van der Waals surface area (Å²) in [5, 5.41) is 0. The summed E-state index contributed by atoms with van der Waals surface area (Å²) in [6.07, 6.45) is -5.50. The maximum atomic E-state index is 11.7. The second kappa shape index (κ2) is 7.49. The summed E-state index contributed by atoms with van der Waals surface area (Å²) in [5.74, 6) is -3.20. The van der Waals surface area contributed by atoms with Crippen LogP contribution >= 0.6 is 0 Å². The van der Waals surface area contributed by atoms with E-state index in [9.17, 15) is 52.7 Å². The van der Waals surface area contributed by atoms with E-state index in [1.54, 1.807) is 17.8 Å². The van der Waals surface area contributed by atoms with Crippen LogP contribution in [0.3, 0.4) is 0 Å². The molecule has 0 aromatic carbocycles. The van der Waals surface area contributed by atoms with Crippen LogP contribution < -0.4 is 9.29 Å². The summed E-state index contributed by atoms with van der Waals surface area (Å²) >= 11 is 0. The van der Waals surface area contributed by atoms with Crippen LogP contribution in [0.4, 0.5) is 39.5 Å². The normalized spacial score (nSPS) is 13.0. The Balaban J connectivity index is 0.000000472. The molecule has 0 bridgehead atoms. The minimum absolute atomic E-state index is 0.181. The number of rotatable bonds is 2. The highest BCUT2D eigenvalue weighted by Gasteiger charge is 2.51. The van der Waals surface area contributed by atoms with Gasteiger partial charge in [-0.2, -0.15) is 47.9 Å². The van der Waals surface area contributed by atoms with Gasteiger partial charge in [-0.25, -0.2) is 13.9 Å². The lowest BCUT2D eigenvalue weighted by molar-refractivity contribution is -0.671. The Morgan fingerprint density at radius 3 is 1.84 bits per heavy atom. The molecule has 1 aromatic heterocycles. The number of hydrogen-bond acceptors (Lipinski definition) is 3. The molecule has 1 amide bonds. The van der Waals surface area contributed by atoms with E-state index in [2.05, 4.69) is 0 Å². The highest BCUT2D eigenvalue weighted by Crippen LogP contribution is 2.23. The molecular weight excluding hydrogens is 401 g/mol. The Labute approximate surface area is 133 Å². The number of carbonyl (C=O) groups is 1. The third-order valence-electron chi connectivity index (χ3n) is 1.97. The molecule has 0 atom stereocenters. The zero-order valence-corrected chi connectivity index (χ0v) is 12.7. The van der Waals surface area contributed by atoms with Crippen molar-refractivity contribution in [3.8, 4) is 0 Å². The standard InChI is InChI=1S/C6H8F3N2.C3HF6NO3S/c1-10-2-3-11(5-10)4-6(7,8)9;4-2(5,6)1(11)10-14(12,13)3(7,8)9/h2-3,5H,4H2,1H3;(H,10,11)/q+1;. The van der Waals surface area contributed by atoms with Crippen LogP contribution in [0.5, 0.6) is 0 Å². The highest BCUT2D eigenvalue weighted by molar-refractivity contribution is 7.90. The van der Waals surface area contributed by atoms with E-state index in [0.29, 0.717) is 0 Å². The fourth-order valence-electron chi connectivity index (χ4n) is 1.04. The van der Waals surface area contributed by atoms with E-state index in [-0.39, 0.29) is 4.72 Å². The summed E-state index contributed by atoms with van der Waals surface area (Å²) in [6.45, 7) is -0.923. The topological polar surface area (TPSA) is 72.0 Å². The lowest BCUT2D eigenvalue weighted by Crippen LogP contribution is -2.46. The van der Waals surface area contributed by atoms with Crippen molar-refractivity contribution in [2.45, 2.75) is 24.4 Å². The minimum Gasteiger partial charge on any atom is -0.263 e. The third-order valence-corrected chi connectivity index (χ3v) is 3.04. The van der Waals surface area contributed by atoms with Crippen LogP contribution in [0.2, 0.25) is 0 Å². The predicted octanol–water partition coefficient (Wildman–Crippen LogP) is 1.39. The van der Waals surface area contributed by atoms with Gasteiger partial charge in [-0.1, -0.05) is 0 Å². The summed E-state index contributed by atoms with van der Waals surface area (Å²) in [6, 6.07) is 0. The molecule has 0 aliphatic heterocycles. The van der Waals surface area contributed by atoms with Gasteiger partial charge < -0.3 is 0 Å². The second-order valence-electron chi connectivity index (χ2n) is 4.24. The number of amides is 1. The van der Waals surface area contributed by atoms with Crippen molar-refractivity contribution < 1.29 is 57.3 Å². The molecule has 0 aliphatic rings. The number of nitrogens with one attached hydrogen (secondary N) is 1. The largest absolute Gasteiger partial charge is 0.516 e. The molecule has 0 unspecified atom stereocenters. The molecule has 1 N–H and O–H groups in total. The van der Waals surface area contributed by atoms with Gasteiger partial charge in [0.1, 0.15) is 12.4 Å². The molecule has 0 saturated heterocycles. The molecule has 0 fully saturated rings. The third kappa shape index (κ3) is 8.59. The molecule has 0 saturated carbocycles. The average molecular weight is 410 g/mol. The van der Waals surface area contributed by atoms with Gasteiger partial charge in [-0.3, -0.25) is 4.79 Å². The second-order valence-corrected chi connectivity index (χ2v) is 5.92. The van der Waals surface area contributed by atoms with E-state index >= 15 is 0 Å². The van der Waals surface area contributed by atoms with Gasteiger partial charge in [-0.15, -0.1) is 0 Å². The predicted molar refractivity (Wildman–Crippen MR) is 60.8 cm³/mol. The number of carbonyl (C=O) groups excluding carboxylic acids is 1. The molecule has 146 valence electrons. The zero-order chi connectivity index (χ0) is 20.3. The minimum atomic E-state index is -6.30. The van der Waals surface area contributed by atoms with Gasteiger partial charge in [0.2, 0.25) is 6.33 Å². The van der Waals surface area contributed by atoms with Crippen molar-refractivity contribution >= 4 is 15.9 Å². The first-order valence-corrected chi connectivity index (χ1v) is 7.11. The number of aromatic nitrogens is 2. The van der Waals surface area contributed by atoms with Gasteiger partial charge in [0.05, 0.1) is 7.05 Å². The Morgan fingerprint density at radius 1 is 1.08 bits per heavy atom. The fraction of sp³-hybridized carbons (Fsp3) is 0.556. The molecular formula is C9H9F9N3O3S+. The molecule has 16 heteroatoms. The van der Waals surface area contributed by atoms with Crippen LogP contribution in [-0.2, 0) is 28.4 Å². The summed E-state index contributed by atoms with van der Waals surface area (Å²) < 4.78 is 126. The van der Waals surface area contributed by atoms with E-state index in [4.69, 9.17) is 0 Å². The Hall–Kier alpha value is -2.00. The number of sulfonamides is 1. The van der Waals surface area contributed by atoms with Crippen LogP contribution in [0.25, 0.3) is 0 Å². The quantitative estimate of drug-likeness (QED) is 0.592. The van der Waals surface area contributed by atoms with Crippen molar-refractivity contribution in [1.29, 1.82) is 0 Å². The molecule has 0 aliphatic carbocycles. The van der Waals surface area contributed by atoms with Crippen molar-refractivity contribution in [2.24, 2.45) is 7.05 Å². The molecule has 25 heavy (non-hydrogen) atoms. The van der Waals surface area contributed by atoms with Crippen molar-refractivity contribution in [3.05, 3.63) is 18.7 Å². The first kappa shape index (κ1) is 23.0. The first-order valence-electron chi connectivity index (χ1n) is 5.63. The van der Waals surface area contributed by atoms with Gasteiger partial charge >= 0.3 is 33.8 Å². The summed E-state index contributed by atoms with van der Waals surface area (Å²) in [5.41, 5.74) is -5.96. The number of aryl methyl sites for hydroxylation is 1. The van der Waals surface area contributed by atoms with Gasteiger partial charge in [-0.05, 0) is 0 Å².